The fraction of sp³-hybridized carbons (Fsp3) is 0.385. The SMILES string of the molecule is N#CC(C(=O)C1CCS(=O)(=O)C1)c1ccccc1. The molecule has 1 aromatic rings. The third-order valence-corrected chi connectivity index (χ3v) is 4.95. The number of nitriles is 1. The van der Waals surface area contributed by atoms with Gasteiger partial charge in [-0.05, 0) is 12.0 Å². The lowest BCUT2D eigenvalue weighted by Crippen LogP contribution is -2.22. The van der Waals surface area contributed by atoms with E-state index in [2.05, 4.69) is 0 Å². The van der Waals surface area contributed by atoms with E-state index in [1.807, 2.05) is 12.1 Å². The van der Waals surface area contributed by atoms with Crippen LogP contribution in [0.1, 0.15) is 17.9 Å². The molecule has 1 fully saturated rings. The van der Waals surface area contributed by atoms with Crippen LogP contribution < -0.4 is 0 Å². The smallest absolute Gasteiger partial charge is 0.158 e. The molecule has 1 aliphatic rings. The van der Waals surface area contributed by atoms with Crippen molar-refractivity contribution in [2.75, 3.05) is 11.5 Å². The Hall–Kier alpha value is -1.67. The molecule has 0 radical (unpaired) electrons. The zero-order valence-electron chi connectivity index (χ0n) is 9.74. The molecule has 2 rings (SSSR count). The van der Waals surface area contributed by atoms with Crippen LogP contribution >= 0.6 is 0 Å². The highest BCUT2D eigenvalue weighted by molar-refractivity contribution is 7.91. The Morgan fingerprint density at radius 2 is 2.00 bits per heavy atom. The zero-order valence-corrected chi connectivity index (χ0v) is 10.6. The van der Waals surface area contributed by atoms with Gasteiger partial charge in [0.05, 0.1) is 17.6 Å². The van der Waals surface area contributed by atoms with E-state index in [0.717, 1.165) is 0 Å². The van der Waals surface area contributed by atoms with Crippen molar-refractivity contribution in [3.63, 3.8) is 0 Å². The van der Waals surface area contributed by atoms with Crippen LogP contribution in [0.4, 0.5) is 0 Å². The predicted molar refractivity (Wildman–Crippen MR) is 66.6 cm³/mol. The summed E-state index contributed by atoms with van der Waals surface area (Å²) < 4.78 is 22.7. The molecule has 2 unspecified atom stereocenters. The number of Topliss-reactive ketones (excluding diaryl/α,β-unsaturated/α-hetero) is 1. The summed E-state index contributed by atoms with van der Waals surface area (Å²) in [6.45, 7) is 0. The molecule has 2 atom stereocenters. The highest BCUT2D eigenvalue weighted by atomic mass is 32.2. The summed E-state index contributed by atoms with van der Waals surface area (Å²) >= 11 is 0. The highest BCUT2D eigenvalue weighted by Gasteiger charge is 2.36. The first-order valence-corrected chi connectivity index (χ1v) is 7.54. The molecule has 0 aliphatic carbocycles. The van der Waals surface area contributed by atoms with Gasteiger partial charge in [0.15, 0.2) is 15.6 Å². The summed E-state index contributed by atoms with van der Waals surface area (Å²) in [5, 5.41) is 9.12. The molecule has 1 aliphatic heterocycles. The van der Waals surface area contributed by atoms with Crippen molar-refractivity contribution in [1.82, 2.24) is 0 Å². The molecule has 18 heavy (non-hydrogen) atoms. The predicted octanol–water partition coefficient (Wildman–Crippen LogP) is 1.30. The molecule has 0 aromatic heterocycles. The Labute approximate surface area is 106 Å². The van der Waals surface area contributed by atoms with Gasteiger partial charge in [-0.2, -0.15) is 5.26 Å². The molecular formula is C13H13NO3S. The number of rotatable bonds is 3. The number of benzene rings is 1. The minimum Gasteiger partial charge on any atom is -0.297 e. The van der Waals surface area contributed by atoms with Crippen LogP contribution in [-0.2, 0) is 14.6 Å². The molecular weight excluding hydrogens is 250 g/mol. The van der Waals surface area contributed by atoms with E-state index in [0.29, 0.717) is 12.0 Å². The van der Waals surface area contributed by atoms with E-state index in [1.165, 1.54) is 0 Å². The van der Waals surface area contributed by atoms with Gasteiger partial charge in [0.2, 0.25) is 0 Å². The van der Waals surface area contributed by atoms with Crippen molar-refractivity contribution >= 4 is 15.6 Å². The summed E-state index contributed by atoms with van der Waals surface area (Å²) in [5.41, 5.74) is 0.634. The first-order valence-electron chi connectivity index (χ1n) is 5.72. The van der Waals surface area contributed by atoms with Gasteiger partial charge in [0.25, 0.3) is 0 Å². The van der Waals surface area contributed by atoms with Gasteiger partial charge in [-0.15, -0.1) is 0 Å². The summed E-state index contributed by atoms with van der Waals surface area (Å²) in [6, 6.07) is 10.7. The van der Waals surface area contributed by atoms with Gasteiger partial charge in [0.1, 0.15) is 5.92 Å². The van der Waals surface area contributed by atoms with E-state index in [4.69, 9.17) is 5.26 Å². The monoisotopic (exact) mass is 263 g/mol. The van der Waals surface area contributed by atoms with Gasteiger partial charge in [-0.3, -0.25) is 4.79 Å². The summed E-state index contributed by atoms with van der Waals surface area (Å²) in [5.74, 6) is -1.72. The average molecular weight is 263 g/mol. The van der Waals surface area contributed by atoms with Gasteiger partial charge in [-0.1, -0.05) is 30.3 Å². The van der Waals surface area contributed by atoms with Gasteiger partial charge >= 0.3 is 0 Å². The van der Waals surface area contributed by atoms with E-state index in [1.54, 1.807) is 24.3 Å². The van der Waals surface area contributed by atoms with Crippen molar-refractivity contribution in [1.29, 1.82) is 5.26 Å². The molecule has 1 aromatic carbocycles. The van der Waals surface area contributed by atoms with E-state index in [-0.39, 0.29) is 17.3 Å². The largest absolute Gasteiger partial charge is 0.297 e. The second-order valence-corrected chi connectivity index (χ2v) is 6.70. The maximum absolute atomic E-state index is 12.2. The molecule has 1 heterocycles. The molecule has 4 nitrogen and oxygen atoms in total. The number of hydrogen-bond donors (Lipinski definition) is 0. The van der Waals surface area contributed by atoms with E-state index >= 15 is 0 Å². The maximum atomic E-state index is 12.2. The third-order valence-electron chi connectivity index (χ3n) is 3.18. The first-order chi connectivity index (χ1) is 8.53. The van der Waals surface area contributed by atoms with Crippen molar-refractivity contribution in [3.8, 4) is 6.07 Å². The second-order valence-electron chi connectivity index (χ2n) is 4.48. The molecule has 0 saturated carbocycles. The Morgan fingerprint density at radius 3 is 2.50 bits per heavy atom. The summed E-state index contributed by atoms with van der Waals surface area (Å²) in [6.07, 6.45) is 0.339. The van der Waals surface area contributed by atoms with Crippen molar-refractivity contribution < 1.29 is 13.2 Å². The maximum Gasteiger partial charge on any atom is 0.158 e. The summed E-state index contributed by atoms with van der Waals surface area (Å²) in [7, 11) is -3.09. The fourth-order valence-electron chi connectivity index (χ4n) is 2.20. The van der Waals surface area contributed by atoms with Crippen LogP contribution in [0.2, 0.25) is 0 Å². The second kappa shape index (κ2) is 4.91. The number of carbonyl (C=O) groups excluding carboxylic acids is 1. The molecule has 0 spiro atoms. The van der Waals surface area contributed by atoms with Crippen LogP contribution in [-0.4, -0.2) is 25.7 Å². The Kier molecular flexibility index (Phi) is 3.48. The minimum absolute atomic E-state index is 0.0519. The molecule has 5 heteroatoms. The number of nitrogens with zero attached hydrogens (tertiary/aromatic N) is 1. The standard InChI is InChI=1S/C13H13NO3S/c14-8-12(10-4-2-1-3-5-10)13(15)11-6-7-18(16,17)9-11/h1-5,11-12H,6-7,9H2. The van der Waals surface area contributed by atoms with Gasteiger partial charge < -0.3 is 0 Å². The highest BCUT2D eigenvalue weighted by Crippen LogP contribution is 2.26. The third kappa shape index (κ3) is 2.59. The van der Waals surface area contributed by atoms with Crippen LogP contribution in [0.15, 0.2) is 30.3 Å². The lowest BCUT2D eigenvalue weighted by atomic mass is 9.88. The Morgan fingerprint density at radius 1 is 1.33 bits per heavy atom. The Bertz CT molecular complexity index is 586. The van der Waals surface area contributed by atoms with Gasteiger partial charge in [-0.25, -0.2) is 8.42 Å². The van der Waals surface area contributed by atoms with Crippen molar-refractivity contribution in [2.45, 2.75) is 12.3 Å². The number of ketones is 1. The number of sulfone groups is 1. The lowest BCUT2D eigenvalue weighted by Gasteiger charge is -2.12. The molecule has 0 bridgehead atoms. The zero-order chi connectivity index (χ0) is 13.2. The quantitative estimate of drug-likeness (QED) is 0.823. The molecule has 0 N–H and O–H groups in total. The van der Waals surface area contributed by atoms with Crippen molar-refractivity contribution in [3.05, 3.63) is 35.9 Å². The first kappa shape index (κ1) is 12.8. The minimum atomic E-state index is -3.09. The van der Waals surface area contributed by atoms with E-state index in [9.17, 15) is 13.2 Å². The fourth-order valence-corrected chi connectivity index (χ4v) is 3.96. The van der Waals surface area contributed by atoms with Gasteiger partial charge in [0, 0.05) is 5.92 Å². The van der Waals surface area contributed by atoms with Crippen LogP contribution in [0.5, 0.6) is 0 Å². The Balaban J connectivity index is 2.21. The molecule has 94 valence electrons. The lowest BCUT2D eigenvalue weighted by molar-refractivity contribution is -0.122. The topological polar surface area (TPSA) is 75.0 Å². The van der Waals surface area contributed by atoms with Crippen LogP contribution in [0, 0.1) is 17.2 Å². The van der Waals surface area contributed by atoms with E-state index < -0.39 is 21.7 Å². The molecule has 0 amide bonds. The summed E-state index contributed by atoms with van der Waals surface area (Å²) in [4.78, 5) is 12.2. The van der Waals surface area contributed by atoms with Crippen LogP contribution in [0.25, 0.3) is 0 Å². The normalized spacial score (nSPS) is 23.2. The van der Waals surface area contributed by atoms with Crippen molar-refractivity contribution in [2.24, 2.45) is 5.92 Å². The molecule has 1 saturated heterocycles. The van der Waals surface area contributed by atoms with Crippen LogP contribution in [0.3, 0.4) is 0 Å². The number of carbonyl (C=O) groups is 1. The average Bonchev–Trinajstić information content (AvgIpc) is 2.72. The number of hydrogen-bond acceptors (Lipinski definition) is 4.